The summed E-state index contributed by atoms with van der Waals surface area (Å²) in [6.07, 6.45) is -9.92. The minimum atomic E-state index is -5.19. The van der Waals surface area contributed by atoms with E-state index >= 15 is 0 Å². The van der Waals surface area contributed by atoms with Crippen LogP contribution in [0.25, 0.3) is 5.65 Å². The van der Waals surface area contributed by atoms with Gasteiger partial charge in [-0.15, -0.1) is 4.68 Å². The van der Waals surface area contributed by atoms with Gasteiger partial charge in [0.2, 0.25) is 5.78 Å². The summed E-state index contributed by atoms with van der Waals surface area (Å²) in [5, 5.41) is 17.1. The van der Waals surface area contributed by atoms with Crippen molar-refractivity contribution in [1.29, 1.82) is 0 Å². The molecular formula is C23H24F6N6O6. The molecule has 0 unspecified atom stereocenters. The number of anilines is 2. The van der Waals surface area contributed by atoms with Crippen molar-refractivity contribution in [2.24, 2.45) is 0 Å². The Morgan fingerprint density at radius 3 is 2.32 bits per heavy atom. The first-order valence-corrected chi connectivity index (χ1v) is 11.8. The lowest BCUT2D eigenvalue weighted by molar-refractivity contribution is -0.714. The number of aromatic nitrogens is 4. The number of benzene rings is 1. The summed E-state index contributed by atoms with van der Waals surface area (Å²) in [7, 11) is 1.18. The average molecular weight is 594 g/mol. The number of nitrogens with two attached hydrogens (primary N) is 1. The molecule has 3 heterocycles. The zero-order chi connectivity index (χ0) is 30.5. The first-order valence-electron chi connectivity index (χ1n) is 11.8. The number of nitrogen functional groups attached to an aromatic ring is 1. The number of ether oxygens (including phenoxy) is 3. The second-order valence-electron chi connectivity index (χ2n) is 8.27. The molecule has 1 aliphatic rings. The molecule has 1 aromatic carbocycles. The van der Waals surface area contributed by atoms with Gasteiger partial charge < -0.3 is 34.7 Å². The number of aliphatic carboxylic acids is 1. The van der Waals surface area contributed by atoms with Gasteiger partial charge in [0, 0.05) is 30.8 Å². The van der Waals surface area contributed by atoms with E-state index in [9.17, 15) is 31.1 Å². The summed E-state index contributed by atoms with van der Waals surface area (Å²) >= 11 is 0. The van der Waals surface area contributed by atoms with Crippen LogP contribution in [-0.2, 0) is 22.3 Å². The maximum absolute atomic E-state index is 13.9. The van der Waals surface area contributed by atoms with Crippen LogP contribution in [0.2, 0.25) is 0 Å². The Hall–Kier alpha value is -4.35. The van der Waals surface area contributed by atoms with Crippen molar-refractivity contribution in [3.8, 4) is 11.6 Å². The van der Waals surface area contributed by atoms with Gasteiger partial charge in [-0.1, -0.05) is 4.52 Å². The van der Waals surface area contributed by atoms with E-state index in [0.717, 1.165) is 6.07 Å². The van der Waals surface area contributed by atoms with Crippen LogP contribution in [0.3, 0.4) is 0 Å². The lowest BCUT2D eigenvalue weighted by Crippen LogP contribution is -2.41. The molecule has 0 bridgehead atoms. The number of carbonyl (C=O) groups is 2. The SMILES string of the molecule is CCOc1ccc2n(n1)c(N)n[n+]2CC(=O)c1cc(N2CCOCC2)c(OC)c(C(F)(F)F)c1.O=C([O-])C(F)(F)F. The minimum absolute atomic E-state index is 0.00377. The van der Waals surface area contributed by atoms with Gasteiger partial charge in [0.15, 0.2) is 12.3 Å². The zero-order valence-electron chi connectivity index (χ0n) is 21.6. The van der Waals surface area contributed by atoms with Gasteiger partial charge in [-0.3, -0.25) is 4.79 Å². The summed E-state index contributed by atoms with van der Waals surface area (Å²) in [4.78, 5) is 23.6. The summed E-state index contributed by atoms with van der Waals surface area (Å²) in [5.41, 5.74) is 5.34. The number of alkyl halides is 6. The first kappa shape index (κ1) is 31.2. The van der Waals surface area contributed by atoms with E-state index in [4.69, 9.17) is 29.8 Å². The van der Waals surface area contributed by atoms with Crippen LogP contribution in [0.4, 0.5) is 38.0 Å². The second-order valence-corrected chi connectivity index (χ2v) is 8.27. The van der Waals surface area contributed by atoms with Crippen molar-refractivity contribution < 1.29 is 59.9 Å². The largest absolute Gasteiger partial charge is 0.542 e. The van der Waals surface area contributed by atoms with E-state index in [-0.39, 0.29) is 29.5 Å². The van der Waals surface area contributed by atoms with Crippen molar-refractivity contribution in [3.63, 3.8) is 0 Å². The number of rotatable bonds is 7. The second kappa shape index (κ2) is 12.4. The molecule has 0 aliphatic carbocycles. The fourth-order valence-electron chi connectivity index (χ4n) is 3.79. The number of methoxy groups -OCH3 is 1. The van der Waals surface area contributed by atoms with E-state index in [2.05, 4.69) is 10.2 Å². The van der Waals surface area contributed by atoms with Gasteiger partial charge >= 0.3 is 23.9 Å². The van der Waals surface area contributed by atoms with Gasteiger partial charge in [-0.2, -0.15) is 26.3 Å². The fourth-order valence-corrected chi connectivity index (χ4v) is 3.79. The van der Waals surface area contributed by atoms with Crippen LogP contribution in [-0.4, -0.2) is 72.7 Å². The van der Waals surface area contributed by atoms with Crippen LogP contribution < -0.4 is 29.9 Å². The molecule has 0 saturated carbocycles. The monoisotopic (exact) mass is 594 g/mol. The standard InChI is InChI=1S/C21H24F3N6O4.C2HF3O2/c1-3-34-17-4-5-18-29(27-20(25)30(18)26-17)12-16(31)13-10-14(21(22,23)24)19(32-2)15(11-13)28-6-8-33-9-7-28;3-2(4,5)1(6)7/h4-5,10-11H,3,6-9,12H2,1-2H3,(H2,25,27);(H,6,7)/q+1;/p-1. The Morgan fingerprint density at radius 1 is 1.15 bits per heavy atom. The van der Waals surface area contributed by atoms with E-state index < -0.39 is 29.7 Å². The topological polar surface area (TPSA) is 148 Å². The number of morpholine rings is 1. The van der Waals surface area contributed by atoms with E-state index in [1.54, 1.807) is 24.0 Å². The van der Waals surface area contributed by atoms with E-state index in [1.807, 2.05) is 0 Å². The lowest BCUT2D eigenvalue weighted by atomic mass is 10.0. The van der Waals surface area contributed by atoms with Crippen LogP contribution in [0, 0.1) is 0 Å². The molecule has 2 aromatic heterocycles. The van der Waals surface area contributed by atoms with Crippen molar-refractivity contribution in [2.45, 2.75) is 25.8 Å². The number of halogens is 6. The number of fused-ring (bicyclic) bond motifs is 1. The molecule has 4 rings (SSSR count). The van der Waals surface area contributed by atoms with Gasteiger partial charge in [0.25, 0.3) is 5.88 Å². The molecule has 18 heteroatoms. The number of hydrogen-bond acceptors (Lipinski definition) is 10. The molecule has 224 valence electrons. The Morgan fingerprint density at radius 2 is 1.78 bits per heavy atom. The number of hydrogen-bond donors (Lipinski definition) is 1. The highest BCUT2D eigenvalue weighted by Gasteiger charge is 2.38. The summed E-state index contributed by atoms with van der Waals surface area (Å²) < 4.78 is 91.5. The number of nitrogens with zero attached hydrogens (tertiary/aromatic N) is 5. The number of carboxylic acid groups (broad SMARTS) is 1. The highest BCUT2D eigenvalue weighted by atomic mass is 19.4. The molecule has 3 aromatic rings. The minimum Gasteiger partial charge on any atom is -0.542 e. The highest BCUT2D eigenvalue weighted by molar-refractivity contribution is 5.97. The number of ketones is 1. The van der Waals surface area contributed by atoms with Gasteiger partial charge in [0.1, 0.15) is 11.5 Å². The molecule has 0 radical (unpaired) electrons. The fraction of sp³-hybridized carbons (Fsp3) is 0.435. The molecule has 41 heavy (non-hydrogen) atoms. The van der Waals surface area contributed by atoms with Crippen molar-refractivity contribution >= 4 is 29.0 Å². The average Bonchev–Trinajstić information content (AvgIpc) is 3.22. The Bertz CT molecular complexity index is 1400. The molecule has 2 N–H and O–H groups in total. The van der Waals surface area contributed by atoms with Crippen LogP contribution in [0.5, 0.6) is 11.6 Å². The third kappa shape index (κ3) is 7.44. The van der Waals surface area contributed by atoms with E-state index in [0.29, 0.717) is 44.4 Å². The van der Waals surface area contributed by atoms with Crippen LogP contribution in [0.15, 0.2) is 24.3 Å². The maximum atomic E-state index is 13.9. The Balaban J connectivity index is 0.000000587. The molecule has 0 spiro atoms. The van der Waals surface area contributed by atoms with Crippen molar-refractivity contribution in [1.82, 2.24) is 14.7 Å². The molecule has 0 amide bonds. The first-order chi connectivity index (χ1) is 19.2. The van der Waals surface area contributed by atoms with Crippen molar-refractivity contribution in [2.75, 3.05) is 50.7 Å². The predicted octanol–water partition coefficient (Wildman–Crippen LogP) is 1.04. The molecule has 1 fully saturated rings. The van der Waals surface area contributed by atoms with Gasteiger partial charge in [-0.05, 0) is 29.3 Å². The summed E-state index contributed by atoms with van der Waals surface area (Å²) in [5.74, 6) is -3.60. The zero-order valence-corrected chi connectivity index (χ0v) is 21.6. The third-order valence-corrected chi connectivity index (χ3v) is 5.56. The third-order valence-electron chi connectivity index (χ3n) is 5.56. The van der Waals surface area contributed by atoms with Crippen LogP contribution in [0.1, 0.15) is 22.8 Å². The Kier molecular flexibility index (Phi) is 9.46. The normalized spacial score (nSPS) is 13.9. The number of carboxylic acids is 1. The van der Waals surface area contributed by atoms with E-state index in [1.165, 1.54) is 22.4 Å². The predicted molar refractivity (Wildman–Crippen MR) is 125 cm³/mol. The summed E-state index contributed by atoms with van der Waals surface area (Å²) in [6, 6.07) is 5.42. The smallest absolute Gasteiger partial charge is 0.430 e. The summed E-state index contributed by atoms with van der Waals surface area (Å²) in [6.45, 7) is 3.31. The quantitative estimate of drug-likeness (QED) is 0.239. The molecule has 1 saturated heterocycles. The number of carbonyl (C=O) groups excluding carboxylic acids is 2. The Labute approximate surface area is 227 Å². The van der Waals surface area contributed by atoms with Gasteiger partial charge in [0.05, 0.1) is 32.6 Å². The lowest BCUT2D eigenvalue weighted by Gasteiger charge is -2.31. The maximum Gasteiger partial charge on any atom is 0.430 e. The molecule has 0 atom stereocenters. The van der Waals surface area contributed by atoms with Gasteiger partial charge in [-0.25, -0.2) is 0 Å². The van der Waals surface area contributed by atoms with Crippen molar-refractivity contribution in [3.05, 3.63) is 35.4 Å². The van der Waals surface area contributed by atoms with Crippen LogP contribution >= 0.6 is 0 Å². The highest BCUT2D eigenvalue weighted by Crippen LogP contribution is 2.43. The molecule has 1 aliphatic heterocycles. The molecular weight excluding hydrogens is 570 g/mol. The molecule has 12 nitrogen and oxygen atoms in total. The number of Topliss-reactive ketones (excluding diaryl/α,β-unsaturated/α-hetero) is 1.